The zero-order valence-electron chi connectivity index (χ0n) is 10.2. The molecule has 4 nitrogen and oxygen atoms in total. The van der Waals surface area contributed by atoms with Crippen LogP contribution in [0.25, 0.3) is 0 Å². The van der Waals surface area contributed by atoms with Gasteiger partial charge in [0.2, 0.25) is 0 Å². The minimum atomic E-state index is -0.683. The summed E-state index contributed by atoms with van der Waals surface area (Å²) in [6.45, 7) is 7.30. The summed E-state index contributed by atoms with van der Waals surface area (Å²) in [5, 5.41) is 12.4. The van der Waals surface area contributed by atoms with E-state index in [9.17, 15) is 4.79 Å². The number of rotatable bonds is 3. The highest BCUT2D eigenvalue weighted by atomic mass is 16.4. The summed E-state index contributed by atoms with van der Waals surface area (Å²) in [5.74, 6) is -0.683. The number of nitrogens with zero attached hydrogens (tertiary/aromatic N) is 1. The van der Waals surface area contributed by atoms with Gasteiger partial charge in [0, 0.05) is 31.7 Å². The smallest absolute Gasteiger partial charge is 0.304 e. The molecule has 0 bridgehead atoms. The molecule has 0 spiro atoms. The summed E-state index contributed by atoms with van der Waals surface area (Å²) in [4.78, 5) is 13.3. The molecule has 1 heterocycles. The monoisotopic (exact) mass is 226 g/mol. The van der Waals surface area contributed by atoms with Crippen molar-refractivity contribution in [3.8, 4) is 0 Å². The van der Waals surface area contributed by atoms with Gasteiger partial charge in [-0.15, -0.1) is 0 Å². The summed E-state index contributed by atoms with van der Waals surface area (Å²) in [6.07, 6.45) is 2.75. The van der Waals surface area contributed by atoms with Crippen molar-refractivity contribution in [2.75, 3.05) is 19.6 Å². The van der Waals surface area contributed by atoms with E-state index in [0.29, 0.717) is 6.04 Å². The number of carboxylic acids is 1. The second-order valence-electron chi connectivity index (χ2n) is 5.95. The van der Waals surface area contributed by atoms with Gasteiger partial charge in [0.1, 0.15) is 0 Å². The van der Waals surface area contributed by atoms with Crippen molar-refractivity contribution in [3.63, 3.8) is 0 Å². The van der Waals surface area contributed by atoms with Crippen LogP contribution in [0, 0.1) is 5.41 Å². The second-order valence-corrected chi connectivity index (χ2v) is 5.95. The molecule has 2 rings (SSSR count). The standard InChI is InChI=1S/C12H22N2O2/c1-12(2)7-13-6-10(5-11(15)16)14(8-12)9-3-4-9/h9-10,13H,3-8H2,1-2H3,(H,15,16). The Bertz CT molecular complexity index is 274. The Morgan fingerprint density at radius 1 is 1.50 bits per heavy atom. The number of aliphatic carboxylic acids is 1. The molecule has 2 aliphatic rings. The molecule has 2 N–H and O–H groups in total. The number of carboxylic acid groups (broad SMARTS) is 1. The maximum absolute atomic E-state index is 10.9. The minimum Gasteiger partial charge on any atom is -0.481 e. The molecule has 0 amide bonds. The maximum atomic E-state index is 10.9. The van der Waals surface area contributed by atoms with Gasteiger partial charge in [-0.1, -0.05) is 13.8 Å². The van der Waals surface area contributed by atoms with Crippen LogP contribution in [-0.4, -0.2) is 47.7 Å². The molecule has 1 saturated carbocycles. The van der Waals surface area contributed by atoms with Gasteiger partial charge in [-0.25, -0.2) is 0 Å². The van der Waals surface area contributed by atoms with E-state index in [2.05, 4.69) is 24.1 Å². The fourth-order valence-corrected chi connectivity index (χ4v) is 2.60. The van der Waals surface area contributed by atoms with Crippen molar-refractivity contribution >= 4 is 5.97 Å². The average molecular weight is 226 g/mol. The van der Waals surface area contributed by atoms with E-state index in [1.165, 1.54) is 12.8 Å². The third-order valence-electron chi connectivity index (χ3n) is 3.49. The third-order valence-corrected chi connectivity index (χ3v) is 3.49. The highest BCUT2D eigenvalue weighted by Gasteiger charge is 2.39. The van der Waals surface area contributed by atoms with Crippen molar-refractivity contribution in [1.29, 1.82) is 0 Å². The lowest BCUT2D eigenvalue weighted by atomic mass is 9.93. The summed E-state index contributed by atoms with van der Waals surface area (Å²) < 4.78 is 0. The Balaban J connectivity index is 2.06. The summed E-state index contributed by atoms with van der Waals surface area (Å²) in [6, 6.07) is 0.815. The van der Waals surface area contributed by atoms with Crippen LogP contribution in [0.4, 0.5) is 0 Å². The van der Waals surface area contributed by atoms with Crippen LogP contribution in [0.2, 0.25) is 0 Å². The third kappa shape index (κ3) is 2.95. The van der Waals surface area contributed by atoms with Gasteiger partial charge in [-0.3, -0.25) is 9.69 Å². The predicted molar refractivity (Wildman–Crippen MR) is 62.4 cm³/mol. The van der Waals surface area contributed by atoms with Gasteiger partial charge in [-0.2, -0.15) is 0 Å². The first-order chi connectivity index (χ1) is 7.48. The summed E-state index contributed by atoms with van der Waals surface area (Å²) >= 11 is 0. The lowest BCUT2D eigenvalue weighted by molar-refractivity contribution is -0.138. The van der Waals surface area contributed by atoms with Gasteiger partial charge < -0.3 is 10.4 Å². The van der Waals surface area contributed by atoms with Gasteiger partial charge in [0.25, 0.3) is 0 Å². The molecule has 16 heavy (non-hydrogen) atoms. The van der Waals surface area contributed by atoms with Crippen molar-refractivity contribution in [1.82, 2.24) is 10.2 Å². The molecule has 0 radical (unpaired) electrons. The zero-order valence-corrected chi connectivity index (χ0v) is 10.2. The quantitative estimate of drug-likeness (QED) is 0.751. The first kappa shape index (κ1) is 11.9. The molecule has 92 valence electrons. The van der Waals surface area contributed by atoms with Crippen molar-refractivity contribution in [3.05, 3.63) is 0 Å². The fourth-order valence-electron chi connectivity index (χ4n) is 2.60. The van der Waals surface area contributed by atoms with E-state index in [1.54, 1.807) is 0 Å². The Hall–Kier alpha value is -0.610. The number of nitrogens with one attached hydrogen (secondary N) is 1. The van der Waals surface area contributed by atoms with E-state index >= 15 is 0 Å². The summed E-state index contributed by atoms with van der Waals surface area (Å²) in [7, 11) is 0. The largest absolute Gasteiger partial charge is 0.481 e. The predicted octanol–water partition coefficient (Wildman–Crippen LogP) is 0.923. The topological polar surface area (TPSA) is 52.6 Å². The molecule has 2 fully saturated rings. The Kier molecular flexibility index (Phi) is 3.22. The van der Waals surface area contributed by atoms with Crippen LogP contribution in [0.5, 0.6) is 0 Å². The lowest BCUT2D eigenvalue weighted by Gasteiger charge is -2.33. The lowest BCUT2D eigenvalue weighted by Crippen LogP contribution is -2.44. The van der Waals surface area contributed by atoms with Gasteiger partial charge >= 0.3 is 5.97 Å². The van der Waals surface area contributed by atoms with Crippen LogP contribution >= 0.6 is 0 Å². The molecule has 4 heteroatoms. The molecule has 0 aromatic heterocycles. The van der Waals surface area contributed by atoms with Crippen LogP contribution in [0.3, 0.4) is 0 Å². The maximum Gasteiger partial charge on any atom is 0.304 e. The fraction of sp³-hybridized carbons (Fsp3) is 0.917. The number of carbonyl (C=O) groups is 1. The summed E-state index contributed by atoms with van der Waals surface area (Å²) in [5.41, 5.74) is 0.246. The first-order valence-electron chi connectivity index (χ1n) is 6.16. The number of hydrogen-bond acceptors (Lipinski definition) is 3. The van der Waals surface area contributed by atoms with Gasteiger partial charge in [-0.05, 0) is 18.3 Å². The SMILES string of the molecule is CC1(C)CNCC(CC(=O)O)N(C2CC2)C1. The van der Waals surface area contributed by atoms with Crippen LogP contribution in [0.1, 0.15) is 33.1 Å². The van der Waals surface area contributed by atoms with E-state index in [-0.39, 0.29) is 17.9 Å². The molecule has 0 aromatic rings. The Morgan fingerprint density at radius 3 is 2.75 bits per heavy atom. The highest BCUT2D eigenvalue weighted by Crippen LogP contribution is 2.33. The van der Waals surface area contributed by atoms with Crippen LogP contribution in [-0.2, 0) is 4.79 Å². The van der Waals surface area contributed by atoms with Crippen molar-refractivity contribution < 1.29 is 9.90 Å². The van der Waals surface area contributed by atoms with Crippen molar-refractivity contribution in [2.45, 2.75) is 45.2 Å². The molecule has 1 unspecified atom stereocenters. The van der Waals surface area contributed by atoms with Crippen LogP contribution < -0.4 is 5.32 Å². The van der Waals surface area contributed by atoms with E-state index in [1.807, 2.05) is 0 Å². The number of hydrogen-bond donors (Lipinski definition) is 2. The Morgan fingerprint density at radius 2 is 2.19 bits per heavy atom. The highest BCUT2D eigenvalue weighted by molar-refractivity contribution is 5.67. The second kappa shape index (κ2) is 4.34. The molecule has 0 aromatic carbocycles. The van der Waals surface area contributed by atoms with Gasteiger partial charge in [0.05, 0.1) is 6.42 Å². The van der Waals surface area contributed by atoms with Gasteiger partial charge in [0.15, 0.2) is 0 Å². The Labute approximate surface area is 97.0 Å². The molecule has 1 atom stereocenters. The first-order valence-corrected chi connectivity index (χ1v) is 6.16. The van der Waals surface area contributed by atoms with Crippen LogP contribution in [0.15, 0.2) is 0 Å². The molecular formula is C12H22N2O2. The molecular weight excluding hydrogens is 204 g/mol. The molecule has 1 aliphatic carbocycles. The van der Waals surface area contributed by atoms with E-state index < -0.39 is 5.97 Å². The molecule has 1 saturated heterocycles. The zero-order chi connectivity index (χ0) is 11.8. The molecule has 1 aliphatic heterocycles. The van der Waals surface area contributed by atoms with E-state index in [4.69, 9.17) is 5.11 Å². The van der Waals surface area contributed by atoms with E-state index in [0.717, 1.165) is 19.6 Å². The normalized spacial score (nSPS) is 31.0. The average Bonchev–Trinajstić information content (AvgIpc) is 2.93. The minimum absolute atomic E-state index is 0.173. The van der Waals surface area contributed by atoms with Crippen molar-refractivity contribution in [2.24, 2.45) is 5.41 Å².